The van der Waals surface area contributed by atoms with Gasteiger partial charge >= 0.3 is 0 Å². The predicted molar refractivity (Wildman–Crippen MR) is 110 cm³/mol. The molecule has 0 aliphatic heterocycles. The molecule has 1 aromatic rings. The number of nitrogens with zero attached hydrogens (tertiary/aromatic N) is 1. The largest absolute Gasteiger partial charge is 0.354 e. The minimum Gasteiger partial charge on any atom is -0.354 e. The van der Waals surface area contributed by atoms with Crippen molar-refractivity contribution in [2.24, 2.45) is 0 Å². The van der Waals surface area contributed by atoms with Gasteiger partial charge < -0.3 is 10.6 Å². The summed E-state index contributed by atoms with van der Waals surface area (Å²) >= 11 is 0. The van der Waals surface area contributed by atoms with E-state index < -0.39 is 15.6 Å². The van der Waals surface area contributed by atoms with Crippen molar-refractivity contribution in [1.29, 1.82) is 0 Å². The van der Waals surface area contributed by atoms with Crippen molar-refractivity contribution in [3.8, 4) is 0 Å². The SMILES string of the molecule is CCCCNC(=O)C1(NC(=O)c2ccc(S(=O)(=O)N(C)OC)cc2)CCCCC1. The molecule has 29 heavy (non-hydrogen) atoms. The first kappa shape index (κ1) is 23.3. The van der Waals surface area contributed by atoms with Crippen molar-refractivity contribution >= 4 is 21.8 Å². The Balaban J connectivity index is 2.16. The van der Waals surface area contributed by atoms with Crippen LogP contribution in [0.1, 0.15) is 62.2 Å². The molecule has 1 aromatic carbocycles. The molecule has 1 saturated carbocycles. The van der Waals surface area contributed by atoms with Gasteiger partial charge in [-0.15, -0.1) is 0 Å². The van der Waals surface area contributed by atoms with Gasteiger partial charge in [0.25, 0.3) is 15.9 Å². The van der Waals surface area contributed by atoms with E-state index in [0.29, 0.717) is 24.9 Å². The third-order valence-corrected chi connectivity index (χ3v) is 7.01. The Morgan fingerprint density at radius 3 is 2.31 bits per heavy atom. The second-order valence-electron chi connectivity index (χ2n) is 7.33. The second-order valence-corrected chi connectivity index (χ2v) is 9.26. The van der Waals surface area contributed by atoms with E-state index in [0.717, 1.165) is 36.6 Å². The third kappa shape index (κ3) is 5.55. The maximum absolute atomic E-state index is 12.8. The van der Waals surface area contributed by atoms with Crippen LogP contribution in [0, 0.1) is 0 Å². The Labute approximate surface area is 173 Å². The molecule has 162 valence electrons. The number of hydrogen-bond acceptors (Lipinski definition) is 5. The fourth-order valence-electron chi connectivity index (χ4n) is 3.43. The van der Waals surface area contributed by atoms with Gasteiger partial charge in [-0.2, -0.15) is 0 Å². The number of unbranched alkanes of at least 4 members (excludes halogenated alkanes) is 1. The summed E-state index contributed by atoms with van der Waals surface area (Å²) in [6.07, 6.45) is 5.86. The van der Waals surface area contributed by atoms with Crippen molar-refractivity contribution in [3.05, 3.63) is 29.8 Å². The van der Waals surface area contributed by atoms with Gasteiger partial charge in [-0.25, -0.2) is 8.42 Å². The molecule has 0 saturated heterocycles. The van der Waals surface area contributed by atoms with E-state index >= 15 is 0 Å². The monoisotopic (exact) mass is 425 g/mol. The molecule has 0 spiro atoms. The number of carbonyl (C=O) groups excluding carboxylic acids is 2. The zero-order valence-corrected chi connectivity index (χ0v) is 18.2. The van der Waals surface area contributed by atoms with Crippen LogP contribution < -0.4 is 10.6 Å². The normalized spacial score (nSPS) is 16.4. The van der Waals surface area contributed by atoms with Crippen molar-refractivity contribution in [3.63, 3.8) is 0 Å². The molecule has 0 unspecified atom stereocenters. The predicted octanol–water partition coefficient (Wildman–Crippen LogP) is 2.22. The van der Waals surface area contributed by atoms with Crippen LogP contribution in [0.25, 0.3) is 0 Å². The summed E-state index contributed by atoms with van der Waals surface area (Å²) in [6, 6.07) is 5.59. The Bertz CT molecular complexity index is 802. The molecule has 0 aromatic heterocycles. The topological polar surface area (TPSA) is 105 Å². The Kier molecular flexibility index (Phi) is 8.18. The smallest absolute Gasteiger partial charge is 0.264 e. The number of sulfonamides is 1. The maximum atomic E-state index is 12.8. The highest BCUT2D eigenvalue weighted by Gasteiger charge is 2.40. The number of nitrogens with one attached hydrogen (secondary N) is 2. The molecule has 0 atom stereocenters. The van der Waals surface area contributed by atoms with Crippen molar-refractivity contribution in [2.75, 3.05) is 20.7 Å². The van der Waals surface area contributed by atoms with Gasteiger partial charge in [0.2, 0.25) is 5.91 Å². The molecule has 2 rings (SSSR count). The van der Waals surface area contributed by atoms with Crippen molar-refractivity contribution in [2.45, 2.75) is 62.3 Å². The molecule has 1 aliphatic rings. The average Bonchev–Trinajstić information content (AvgIpc) is 2.73. The summed E-state index contributed by atoms with van der Waals surface area (Å²) < 4.78 is 25.3. The molecule has 2 N–H and O–H groups in total. The van der Waals surface area contributed by atoms with Crippen molar-refractivity contribution in [1.82, 2.24) is 15.1 Å². The van der Waals surface area contributed by atoms with Crippen LogP contribution in [-0.4, -0.2) is 50.9 Å². The van der Waals surface area contributed by atoms with Gasteiger partial charge in [0, 0.05) is 19.2 Å². The van der Waals surface area contributed by atoms with E-state index in [4.69, 9.17) is 4.84 Å². The first-order valence-electron chi connectivity index (χ1n) is 10.0. The van der Waals surface area contributed by atoms with Crippen LogP contribution in [0.2, 0.25) is 0 Å². The van der Waals surface area contributed by atoms with E-state index in [9.17, 15) is 18.0 Å². The van der Waals surface area contributed by atoms with E-state index in [2.05, 4.69) is 17.6 Å². The van der Waals surface area contributed by atoms with Gasteiger partial charge in [0.05, 0.1) is 12.0 Å². The lowest BCUT2D eigenvalue weighted by Crippen LogP contribution is -2.59. The summed E-state index contributed by atoms with van der Waals surface area (Å²) in [5.74, 6) is -0.526. The van der Waals surface area contributed by atoms with Gasteiger partial charge in [-0.1, -0.05) is 37.1 Å². The molecule has 9 heteroatoms. The van der Waals surface area contributed by atoms with Crippen LogP contribution in [0.3, 0.4) is 0 Å². The lowest BCUT2D eigenvalue weighted by atomic mass is 9.80. The van der Waals surface area contributed by atoms with Crippen molar-refractivity contribution < 1.29 is 22.8 Å². The number of carbonyl (C=O) groups is 2. The molecule has 8 nitrogen and oxygen atoms in total. The molecule has 1 aliphatic carbocycles. The third-order valence-electron chi connectivity index (χ3n) is 5.32. The van der Waals surface area contributed by atoms with E-state index in [1.54, 1.807) is 0 Å². The summed E-state index contributed by atoms with van der Waals surface area (Å²) in [5, 5.41) is 5.88. The van der Waals surface area contributed by atoms with Crippen LogP contribution in [-0.2, 0) is 19.7 Å². The van der Waals surface area contributed by atoms with E-state index in [1.165, 1.54) is 38.4 Å². The van der Waals surface area contributed by atoms with Crippen LogP contribution >= 0.6 is 0 Å². The average molecular weight is 426 g/mol. The highest BCUT2D eigenvalue weighted by molar-refractivity contribution is 7.89. The number of hydroxylamine groups is 1. The Morgan fingerprint density at radius 1 is 1.14 bits per heavy atom. The van der Waals surface area contributed by atoms with Gasteiger partial charge in [-0.3, -0.25) is 14.4 Å². The lowest BCUT2D eigenvalue weighted by molar-refractivity contribution is -0.128. The second kappa shape index (κ2) is 10.2. The number of benzene rings is 1. The van der Waals surface area contributed by atoms with Crippen LogP contribution in [0.5, 0.6) is 0 Å². The minimum absolute atomic E-state index is 0.0167. The maximum Gasteiger partial charge on any atom is 0.264 e. The zero-order chi connectivity index (χ0) is 21.5. The highest BCUT2D eigenvalue weighted by atomic mass is 32.2. The first-order chi connectivity index (χ1) is 13.8. The molecule has 2 amide bonds. The molecular weight excluding hydrogens is 394 g/mol. The quantitative estimate of drug-likeness (QED) is 0.466. The van der Waals surface area contributed by atoms with Crippen LogP contribution in [0.15, 0.2) is 29.2 Å². The minimum atomic E-state index is -3.78. The molecule has 0 radical (unpaired) electrons. The number of hydrogen-bond donors (Lipinski definition) is 2. The summed E-state index contributed by atoms with van der Waals surface area (Å²) in [4.78, 5) is 30.4. The van der Waals surface area contributed by atoms with Gasteiger partial charge in [0.1, 0.15) is 5.54 Å². The van der Waals surface area contributed by atoms with Gasteiger partial charge in [0.15, 0.2) is 0 Å². The fraction of sp³-hybridized carbons (Fsp3) is 0.600. The number of amides is 2. The molecular formula is C20H31N3O5S. The fourth-order valence-corrected chi connectivity index (χ4v) is 4.40. The lowest BCUT2D eigenvalue weighted by Gasteiger charge is -2.36. The highest BCUT2D eigenvalue weighted by Crippen LogP contribution is 2.29. The first-order valence-corrected chi connectivity index (χ1v) is 11.4. The zero-order valence-electron chi connectivity index (χ0n) is 17.4. The summed E-state index contributed by atoms with van der Waals surface area (Å²) in [5.41, 5.74) is -0.611. The number of rotatable bonds is 9. The summed E-state index contributed by atoms with van der Waals surface area (Å²) in [7, 11) is -1.23. The van der Waals surface area contributed by atoms with E-state index in [1.807, 2.05) is 0 Å². The summed E-state index contributed by atoms with van der Waals surface area (Å²) in [6.45, 7) is 2.64. The Morgan fingerprint density at radius 2 is 1.76 bits per heavy atom. The molecule has 0 heterocycles. The van der Waals surface area contributed by atoms with Crippen LogP contribution in [0.4, 0.5) is 0 Å². The molecule has 0 bridgehead atoms. The van der Waals surface area contributed by atoms with Gasteiger partial charge in [-0.05, 0) is 43.5 Å². The standard InChI is InChI=1S/C20H31N3O5S/c1-4-5-15-21-19(25)20(13-7-6-8-14-20)22-18(24)16-9-11-17(12-10-16)29(26,27)23(2)28-3/h9-12H,4-8,13-15H2,1-3H3,(H,21,25)(H,22,24). The molecule has 1 fully saturated rings. The van der Waals surface area contributed by atoms with E-state index in [-0.39, 0.29) is 16.7 Å². The Hall–Kier alpha value is -1.97.